The first-order chi connectivity index (χ1) is 8.13. The van der Waals surface area contributed by atoms with Crippen LogP contribution < -0.4 is 5.32 Å². The first-order valence-electron chi connectivity index (χ1n) is 5.34. The summed E-state index contributed by atoms with van der Waals surface area (Å²) in [7, 11) is 0. The van der Waals surface area contributed by atoms with Gasteiger partial charge in [0, 0.05) is 12.1 Å². The third kappa shape index (κ3) is 5.19. The fourth-order valence-electron chi connectivity index (χ4n) is 1.30. The molecule has 0 spiro atoms. The second kappa shape index (κ2) is 7.29. The van der Waals surface area contributed by atoms with Gasteiger partial charge in [-0.2, -0.15) is 11.8 Å². The molecule has 1 rings (SSSR count). The van der Waals surface area contributed by atoms with Crippen LogP contribution in [0.2, 0.25) is 0 Å². The van der Waals surface area contributed by atoms with Crippen molar-refractivity contribution in [3.8, 4) is 0 Å². The van der Waals surface area contributed by atoms with Gasteiger partial charge in [-0.3, -0.25) is 4.79 Å². The van der Waals surface area contributed by atoms with Crippen LogP contribution in [-0.4, -0.2) is 35.7 Å². The summed E-state index contributed by atoms with van der Waals surface area (Å²) in [5.74, 6) is 0.0325. The predicted octanol–water partition coefficient (Wildman–Crippen LogP) is 1.67. The van der Waals surface area contributed by atoms with Crippen molar-refractivity contribution in [3.63, 3.8) is 0 Å². The third-order valence-corrected chi connectivity index (χ3v) is 2.88. The maximum absolute atomic E-state index is 12.9. The number of hydrogen-bond acceptors (Lipinski definition) is 3. The summed E-state index contributed by atoms with van der Waals surface area (Å²) in [4.78, 5) is 11.6. The standard InChI is InChI=1S/C12H16FNO2S/c1-17-6-5-11(15)8-14-12(16)9-3-2-4-10(13)7-9/h2-4,7,11,15H,5-6,8H2,1H3,(H,14,16). The number of carbonyl (C=O) groups is 1. The van der Waals surface area contributed by atoms with Crippen LogP contribution in [0, 0.1) is 5.82 Å². The van der Waals surface area contributed by atoms with E-state index in [9.17, 15) is 14.3 Å². The van der Waals surface area contributed by atoms with Crippen molar-refractivity contribution in [3.05, 3.63) is 35.6 Å². The molecule has 1 amide bonds. The van der Waals surface area contributed by atoms with Crippen LogP contribution in [0.5, 0.6) is 0 Å². The molecule has 0 aliphatic rings. The monoisotopic (exact) mass is 257 g/mol. The van der Waals surface area contributed by atoms with Crippen LogP contribution in [0.3, 0.4) is 0 Å². The Labute approximate surface area is 104 Å². The molecule has 17 heavy (non-hydrogen) atoms. The van der Waals surface area contributed by atoms with E-state index < -0.39 is 11.9 Å². The van der Waals surface area contributed by atoms with Crippen LogP contribution >= 0.6 is 11.8 Å². The highest BCUT2D eigenvalue weighted by Gasteiger charge is 2.09. The number of thioether (sulfide) groups is 1. The zero-order valence-corrected chi connectivity index (χ0v) is 10.5. The third-order valence-electron chi connectivity index (χ3n) is 2.24. The molecule has 1 aromatic carbocycles. The fourth-order valence-corrected chi connectivity index (χ4v) is 1.81. The van der Waals surface area contributed by atoms with E-state index in [0.717, 1.165) is 5.75 Å². The van der Waals surface area contributed by atoms with Crippen molar-refractivity contribution in [1.29, 1.82) is 0 Å². The average Bonchev–Trinajstić information content (AvgIpc) is 2.33. The average molecular weight is 257 g/mol. The molecule has 5 heteroatoms. The summed E-state index contributed by atoms with van der Waals surface area (Å²) in [5, 5.41) is 12.1. The van der Waals surface area contributed by atoms with E-state index in [0.29, 0.717) is 6.42 Å². The molecule has 0 bridgehead atoms. The molecular weight excluding hydrogens is 241 g/mol. The molecule has 94 valence electrons. The number of benzene rings is 1. The lowest BCUT2D eigenvalue weighted by Gasteiger charge is -2.11. The number of amides is 1. The van der Waals surface area contributed by atoms with Gasteiger partial charge >= 0.3 is 0 Å². The molecular formula is C12H16FNO2S. The molecule has 0 heterocycles. The molecule has 0 fully saturated rings. The van der Waals surface area contributed by atoms with Crippen molar-refractivity contribution in [2.75, 3.05) is 18.6 Å². The van der Waals surface area contributed by atoms with E-state index in [1.807, 2.05) is 6.26 Å². The number of rotatable bonds is 6. The largest absolute Gasteiger partial charge is 0.391 e. The Kier molecular flexibility index (Phi) is 6.00. The van der Waals surface area contributed by atoms with Crippen molar-refractivity contribution in [2.45, 2.75) is 12.5 Å². The van der Waals surface area contributed by atoms with Crippen molar-refractivity contribution >= 4 is 17.7 Å². The highest BCUT2D eigenvalue weighted by atomic mass is 32.2. The lowest BCUT2D eigenvalue weighted by molar-refractivity contribution is 0.0914. The second-order valence-corrected chi connectivity index (χ2v) is 4.64. The highest BCUT2D eigenvalue weighted by molar-refractivity contribution is 7.98. The summed E-state index contributed by atoms with van der Waals surface area (Å²) in [6, 6.07) is 5.47. The first kappa shape index (κ1) is 14.0. The van der Waals surface area contributed by atoms with Gasteiger partial charge in [-0.15, -0.1) is 0 Å². The smallest absolute Gasteiger partial charge is 0.251 e. The predicted molar refractivity (Wildman–Crippen MR) is 67.7 cm³/mol. The molecule has 1 aromatic rings. The van der Waals surface area contributed by atoms with Gasteiger partial charge < -0.3 is 10.4 Å². The molecule has 0 aliphatic carbocycles. The lowest BCUT2D eigenvalue weighted by Crippen LogP contribution is -2.32. The highest BCUT2D eigenvalue weighted by Crippen LogP contribution is 2.04. The van der Waals surface area contributed by atoms with E-state index in [-0.39, 0.29) is 18.0 Å². The van der Waals surface area contributed by atoms with Gasteiger partial charge in [-0.05, 0) is 36.6 Å². The van der Waals surface area contributed by atoms with Crippen molar-refractivity contribution in [1.82, 2.24) is 5.32 Å². The van der Waals surface area contributed by atoms with Gasteiger partial charge in [0.05, 0.1) is 6.10 Å². The first-order valence-corrected chi connectivity index (χ1v) is 6.73. The summed E-state index contributed by atoms with van der Waals surface area (Å²) in [6.07, 6.45) is 2.03. The topological polar surface area (TPSA) is 49.3 Å². The molecule has 0 saturated carbocycles. The van der Waals surface area contributed by atoms with E-state index in [1.54, 1.807) is 11.8 Å². The molecule has 0 aromatic heterocycles. The molecule has 0 aliphatic heterocycles. The SMILES string of the molecule is CSCCC(O)CNC(=O)c1cccc(F)c1. The van der Waals surface area contributed by atoms with Gasteiger partial charge in [0.1, 0.15) is 5.82 Å². The number of carbonyl (C=O) groups excluding carboxylic acids is 1. The Bertz CT molecular complexity index is 373. The van der Waals surface area contributed by atoms with Gasteiger partial charge in [-0.25, -0.2) is 4.39 Å². The van der Waals surface area contributed by atoms with Crippen LogP contribution in [-0.2, 0) is 0 Å². The van der Waals surface area contributed by atoms with Crippen molar-refractivity contribution < 1.29 is 14.3 Å². The Morgan fingerprint density at radius 3 is 3.00 bits per heavy atom. The normalized spacial score (nSPS) is 12.2. The Morgan fingerprint density at radius 2 is 2.35 bits per heavy atom. The number of aliphatic hydroxyl groups is 1. The minimum absolute atomic E-state index is 0.190. The maximum atomic E-state index is 12.9. The summed E-state index contributed by atoms with van der Waals surface area (Å²) >= 11 is 1.64. The second-order valence-electron chi connectivity index (χ2n) is 3.66. The quantitative estimate of drug-likeness (QED) is 0.815. The Morgan fingerprint density at radius 1 is 1.59 bits per heavy atom. The van der Waals surface area contributed by atoms with E-state index in [4.69, 9.17) is 0 Å². The molecule has 3 nitrogen and oxygen atoms in total. The Hall–Kier alpha value is -1.07. The van der Waals surface area contributed by atoms with E-state index in [1.165, 1.54) is 24.3 Å². The number of hydrogen-bond donors (Lipinski definition) is 2. The number of nitrogens with one attached hydrogen (secondary N) is 1. The van der Waals surface area contributed by atoms with Gasteiger partial charge in [0.2, 0.25) is 0 Å². The number of aliphatic hydroxyl groups excluding tert-OH is 1. The van der Waals surface area contributed by atoms with E-state index in [2.05, 4.69) is 5.32 Å². The fraction of sp³-hybridized carbons (Fsp3) is 0.417. The zero-order chi connectivity index (χ0) is 12.7. The van der Waals surface area contributed by atoms with Crippen LogP contribution in [0.15, 0.2) is 24.3 Å². The van der Waals surface area contributed by atoms with Gasteiger partial charge in [0.25, 0.3) is 5.91 Å². The summed E-state index contributed by atoms with van der Waals surface area (Å²) < 4.78 is 12.9. The Balaban J connectivity index is 2.39. The molecule has 1 atom stereocenters. The minimum atomic E-state index is -0.556. The molecule has 1 unspecified atom stereocenters. The van der Waals surface area contributed by atoms with Gasteiger partial charge in [0.15, 0.2) is 0 Å². The summed E-state index contributed by atoms with van der Waals surface area (Å²) in [5.41, 5.74) is 0.266. The molecule has 0 saturated heterocycles. The number of halogens is 1. The van der Waals surface area contributed by atoms with Gasteiger partial charge in [-0.1, -0.05) is 6.07 Å². The van der Waals surface area contributed by atoms with E-state index >= 15 is 0 Å². The lowest BCUT2D eigenvalue weighted by atomic mass is 10.2. The van der Waals surface area contributed by atoms with Crippen LogP contribution in [0.25, 0.3) is 0 Å². The molecule has 0 radical (unpaired) electrons. The molecule has 2 N–H and O–H groups in total. The zero-order valence-electron chi connectivity index (χ0n) is 9.65. The van der Waals surface area contributed by atoms with Crippen LogP contribution in [0.1, 0.15) is 16.8 Å². The van der Waals surface area contributed by atoms with Crippen molar-refractivity contribution in [2.24, 2.45) is 0 Å². The minimum Gasteiger partial charge on any atom is -0.391 e. The maximum Gasteiger partial charge on any atom is 0.251 e. The summed E-state index contributed by atoms with van der Waals surface area (Å²) in [6.45, 7) is 0.190. The van der Waals surface area contributed by atoms with Crippen LogP contribution in [0.4, 0.5) is 4.39 Å².